The first kappa shape index (κ1) is 15.5. The van der Waals surface area contributed by atoms with Crippen LogP contribution in [-0.4, -0.2) is 24.3 Å². The van der Waals surface area contributed by atoms with Crippen LogP contribution in [0.15, 0.2) is 0 Å². The number of unbranched alkanes of at least 4 members (excludes halogenated alkanes) is 7. The summed E-state index contributed by atoms with van der Waals surface area (Å²) >= 11 is 0. The molecule has 0 unspecified atom stereocenters. The predicted octanol–water partition coefficient (Wildman–Crippen LogP) is 4.01. The zero-order valence-electron chi connectivity index (χ0n) is 11.7. The summed E-state index contributed by atoms with van der Waals surface area (Å²) in [5.41, 5.74) is 0.483. The van der Waals surface area contributed by atoms with Gasteiger partial charge in [-0.3, -0.25) is 4.79 Å². The van der Waals surface area contributed by atoms with Crippen molar-refractivity contribution in [2.24, 2.45) is 5.41 Å². The average molecular weight is 256 g/mol. The maximum Gasteiger partial charge on any atom is 0.303 e. The van der Waals surface area contributed by atoms with E-state index in [9.17, 15) is 4.79 Å². The van der Waals surface area contributed by atoms with E-state index in [0.29, 0.717) is 11.8 Å². The van der Waals surface area contributed by atoms with Crippen molar-refractivity contribution >= 4 is 5.97 Å². The number of carboxylic acid groups (broad SMARTS) is 1. The molecule has 0 aliphatic carbocycles. The summed E-state index contributed by atoms with van der Waals surface area (Å²) in [6.45, 7) is 4.23. The SMILES string of the molecule is CC1(CCCCCCCCCCC(=O)O)COC1. The minimum absolute atomic E-state index is 0.334. The molecule has 3 nitrogen and oxygen atoms in total. The lowest BCUT2D eigenvalue weighted by molar-refractivity contribution is -0.137. The number of hydrogen-bond donors (Lipinski definition) is 1. The van der Waals surface area contributed by atoms with Crippen LogP contribution in [0.1, 0.15) is 71.1 Å². The fraction of sp³-hybridized carbons (Fsp3) is 0.933. The van der Waals surface area contributed by atoms with Gasteiger partial charge in [0.25, 0.3) is 0 Å². The summed E-state index contributed by atoms with van der Waals surface area (Å²) in [5, 5.41) is 8.50. The van der Waals surface area contributed by atoms with Gasteiger partial charge in [0, 0.05) is 11.8 Å². The molecule has 1 aliphatic heterocycles. The van der Waals surface area contributed by atoms with Crippen LogP contribution in [0.3, 0.4) is 0 Å². The van der Waals surface area contributed by atoms with Gasteiger partial charge in [-0.25, -0.2) is 0 Å². The molecule has 0 amide bonds. The topological polar surface area (TPSA) is 46.5 Å². The molecule has 1 N–H and O–H groups in total. The number of ether oxygens (including phenoxy) is 1. The van der Waals surface area contributed by atoms with Crippen molar-refractivity contribution in [3.8, 4) is 0 Å². The normalized spacial score (nSPS) is 17.4. The molecule has 0 spiro atoms. The van der Waals surface area contributed by atoms with Crippen LogP contribution < -0.4 is 0 Å². The molecule has 1 heterocycles. The summed E-state index contributed by atoms with van der Waals surface area (Å²) in [5.74, 6) is -0.663. The third-order valence-electron chi connectivity index (χ3n) is 3.82. The predicted molar refractivity (Wildman–Crippen MR) is 72.7 cm³/mol. The van der Waals surface area contributed by atoms with E-state index < -0.39 is 5.97 Å². The van der Waals surface area contributed by atoms with Crippen molar-refractivity contribution in [2.75, 3.05) is 13.2 Å². The molecule has 0 aromatic carbocycles. The summed E-state index contributed by atoms with van der Waals surface area (Å²) in [7, 11) is 0. The molecule has 0 aromatic heterocycles. The summed E-state index contributed by atoms with van der Waals surface area (Å²) in [4.78, 5) is 10.3. The van der Waals surface area contributed by atoms with E-state index in [4.69, 9.17) is 9.84 Å². The van der Waals surface area contributed by atoms with Gasteiger partial charge in [-0.1, -0.05) is 51.9 Å². The van der Waals surface area contributed by atoms with E-state index in [-0.39, 0.29) is 0 Å². The van der Waals surface area contributed by atoms with E-state index in [1.807, 2.05) is 0 Å². The molecule has 1 fully saturated rings. The fourth-order valence-corrected chi connectivity index (χ4v) is 2.48. The highest BCUT2D eigenvalue weighted by Gasteiger charge is 2.32. The van der Waals surface area contributed by atoms with Gasteiger partial charge in [-0.2, -0.15) is 0 Å². The average Bonchev–Trinajstić information content (AvgIpc) is 2.29. The lowest BCUT2D eigenvalue weighted by Gasteiger charge is -2.38. The molecule has 106 valence electrons. The van der Waals surface area contributed by atoms with Crippen LogP contribution in [0, 0.1) is 5.41 Å². The first-order valence-corrected chi connectivity index (χ1v) is 7.42. The summed E-state index contributed by atoms with van der Waals surface area (Å²) in [6.07, 6.45) is 11.3. The molecule has 1 aliphatic rings. The second-order valence-corrected chi connectivity index (χ2v) is 6.03. The van der Waals surface area contributed by atoms with Crippen molar-refractivity contribution in [2.45, 2.75) is 71.1 Å². The largest absolute Gasteiger partial charge is 0.481 e. The molecule has 18 heavy (non-hydrogen) atoms. The Labute approximate surface area is 111 Å². The molecular formula is C15H28O3. The molecule has 3 heteroatoms. The molecule has 0 saturated carbocycles. The molecule has 1 rings (SSSR count). The van der Waals surface area contributed by atoms with Crippen molar-refractivity contribution in [1.82, 2.24) is 0 Å². The Hall–Kier alpha value is -0.570. The summed E-state index contributed by atoms with van der Waals surface area (Å²) in [6, 6.07) is 0. The highest BCUT2D eigenvalue weighted by Crippen LogP contribution is 2.32. The fourth-order valence-electron chi connectivity index (χ4n) is 2.48. The van der Waals surface area contributed by atoms with Crippen molar-refractivity contribution in [1.29, 1.82) is 0 Å². The number of hydrogen-bond acceptors (Lipinski definition) is 2. The van der Waals surface area contributed by atoms with Gasteiger partial charge < -0.3 is 9.84 Å². The first-order valence-electron chi connectivity index (χ1n) is 7.42. The standard InChI is InChI=1S/C15H28O3/c1-15(12-18-13-15)11-9-7-5-3-2-4-6-8-10-14(16)17/h2-13H2,1H3,(H,16,17). The Bertz CT molecular complexity index is 234. The van der Waals surface area contributed by atoms with E-state index in [0.717, 1.165) is 26.1 Å². The van der Waals surface area contributed by atoms with E-state index in [1.165, 1.54) is 44.9 Å². The number of carboxylic acids is 1. The highest BCUT2D eigenvalue weighted by molar-refractivity contribution is 5.66. The minimum Gasteiger partial charge on any atom is -0.481 e. The molecule has 0 atom stereocenters. The Balaban J connectivity index is 1.74. The van der Waals surface area contributed by atoms with Gasteiger partial charge in [0.2, 0.25) is 0 Å². The monoisotopic (exact) mass is 256 g/mol. The van der Waals surface area contributed by atoms with Gasteiger partial charge in [0.15, 0.2) is 0 Å². The van der Waals surface area contributed by atoms with Crippen LogP contribution in [0.2, 0.25) is 0 Å². The Morgan fingerprint density at radius 3 is 1.94 bits per heavy atom. The van der Waals surface area contributed by atoms with Gasteiger partial charge in [0.1, 0.15) is 0 Å². The van der Waals surface area contributed by atoms with Crippen LogP contribution in [0.4, 0.5) is 0 Å². The highest BCUT2D eigenvalue weighted by atomic mass is 16.5. The zero-order valence-corrected chi connectivity index (χ0v) is 11.7. The van der Waals surface area contributed by atoms with E-state index >= 15 is 0 Å². The Kier molecular flexibility index (Phi) is 7.33. The van der Waals surface area contributed by atoms with Crippen LogP contribution in [0.25, 0.3) is 0 Å². The third kappa shape index (κ3) is 7.00. The van der Waals surface area contributed by atoms with Gasteiger partial charge in [-0.15, -0.1) is 0 Å². The molecule has 0 bridgehead atoms. The van der Waals surface area contributed by atoms with Crippen molar-refractivity contribution in [3.05, 3.63) is 0 Å². The van der Waals surface area contributed by atoms with E-state index in [2.05, 4.69) is 6.92 Å². The molecule has 1 saturated heterocycles. The molecule has 0 radical (unpaired) electrons. The zero-order chi connectivity index (χ0) is 13.3. The number of aliphatic carboxylic acids is 1. The van der Waals surface area contributed by atoms with Crippen molar-refractivity contribution in [3.63, 3.8) is 0 Å². The molecule has 0 aromatic rings. The first-order chi connectivity index (χ1) is 8.62. The molecular weight excluding hydrogens is 228 g/mol. The second-order valence-electron chi connectivity index (χ2n) is 6.03. The maximum absolute atomic E-state index is 10.3. The lowest BCUT2D eigenvalue weighted by Crippen LogP contribution is -2.39. The Morgan fingerprint density at radius 1 is 1.00 bits per heavy atom. The quantitative estimate of drug-likeness (QED) is 0.568. The smallest absolute Gasteiger partial charge is 0.303 e. The lowest BCUT2D eigenvalue weighted by atomic mass is 9.83. The van der Waals surface area contributed by atoms with E-state index in [1.54, 1.807) is 0 Å². The Morgan fingerprint density at radius 2 is 1.50 bits per heavy atom. The third-order valence-corrected chi connectivity index (χ3v) is 3.82. The van der Waals surface area contributed by atoms with Crippen molar-refractivity contribution < 1.29 is 14.6 Å². The van der Waals surface area contributed by atoms with Gasteiger partial charge in [0.05, 0.1) is 13.2 Å². The number of carbonyl (C=O) groups is 1. The van der Waals surface area contributed by atoms with Crippen LogP contribution in [-0.2, 0) is 9.53 Å². The maximum atomic E-state index is 10.3. The van der Waals surface area contributed by atoms with Crippen LogP contribution >= 0.6 is 0 Å². The van der Waals surface area contributed by atoms with Crippen LogP contribution in [0.5, 0.6) is 0 Å². The van der Waals surface area contributed by atoms with Gasteiger partial charge in [-0.05, 0) is 12.8 Å². The number of rotatable bonds is 11. The second kappa shape index (κ2) is 8.52. The van der Waals surface area contributed by atoms with Gasteiger partial charge >= 0.3 is 5.97 Å². The minimum atomic E-state index is -0.663. The summed E-state index contributed by atoms with van der Waals surface area (Å²) < 4.78 is 5.25.